The standard InChI is InChI=1S/C18H35N3O/c1-4-21(5-2)17(22)7-6-16-8-12-20(13-9-16)15-18(3)10-11-19-14-18/h16,19H,4-15H2,1-3H3. The van der Waals surface area contributed by atoms with Gasteiger partial charge in [-0.3, -0.25) is 4.79 Å². The number of hydrogen-bond donors (Lipinski definition) is 1. The molecule has 2 heterocycles. The maximum absolute atomic E-state index is 12.1. The first-order valence-corrected chi connectivity index (χ1v) is 9.27. The SMILES string of the molecule is CCN(CC)C(=O)CCC1CCN(CC2(C)CCNC2)CC1. The van der Waals surface area contributed by atoms with Crippen LogP contribution in [0, 0.1) is 11.3 Å². The zero-order chi connectivity index (χ0) is 16.0. The molecule has 1 amide bonds. The number of carbonyl (C=O) groups excluding carboxylic acids is 1. The first-order chi connectivity index (χ1) is 10.6. The van der Waals surface area contributed by atoms with Gasteiger partial charge in [0.15, 0.2) is 0 Å². The van der Waals surface area contributed by atoms with Gasteiger partial charge in [0.25, 0.3) is 0 Å². The second kappa shape index (κ2) is 8.30. The zero-order valence-corrected chi connectivity index (χ0v) is 14.9. The van der Waals surface area contributed by atoms with Crippen molar-refractivity contribution in [1.29, 1.82) is 0 Å². The van der Waals surface area contributed by atoms with Gasteiger partial charge in [0.1, 0.15) is 0 Å². The molecule has 4 nitrogen and oxygen atoms in total. The summed E-state index contributed by atoms with van der Waals surface area (Å²) in [5.41, 5.74) is 0.478. The molecular weight excluding hydrogens is 274 g/mol. The highest BCUT2D eigenvalue weighted by Gasteiger charge is 2.32. The number of likely N-dealkylation sites (tertiary alicyclic amines) is 1. The highest BCUT2D eigenvalue weighted by atomic mass is 16.2. The van der Waals surface area contributed by atoms with Crippen LogP contribution in [-0.2, 0) is 4.79 Å². The predicted molar refractivity (Wildman–Crippen MR) is 91.9 cm³/mol. The van der Waals surface area contributed by atoms with E-state index in [4.69, 9.17) is 0 Å². The summed E-state index contributed by atoms with van der Waals surface area (Å²) in [5, 5.41) is 3.50. The average Bonchev–Trinajstić information content (AvgIpc) is 2.94. The first-order valence-electron chi connectivity index (χ1n) is 9.27. The van der Waals surface area contributed by atoms with Gasteiger partial charge < -0.3 is 15.1 Å². The third kappa shape index (κ3) is 4.95. The van der Waals surface area contributed by atoms with E-state index in [1.54, 1.807) is 0 Å². The van der Waals surface area contributed by atoms with Gasteiger partial charge >= 0.3 is 0 Å². The van der Waals surface area contributed by atoms with Gasteiger partial charge in [-0.25, -0.2) is 0 Å². The third-order valence-corrected chi connectivity index (χ3v) is 5.65. The summed E-state index contributed by atoms with van der Waals surface area (Å²) in [6.45, 7) is 14.3. The van der Waals surface area contributed by atoms with Crippen LogP contribution < -0.4 is 5.32 Å². The molecule has 2 fully saturated rings. The summed E-state index contributed by atoms with van der Waals surface area (Å²) >= 11 is 0. The zero-order valence-electron chi connectivity index (χ0n) is 14.9. The number of piperidine rings is 1. The minimum absolute atomic E-state index is 0.344. The van der Waals surface area contributed by atoms with Crippen LogP contribution >= 0.6 is 0 Å². The van der Waals surface area contributed by atoms with E-state index in [2.05, 4.69) is 31.0 Å². The van der Waals surface area contributed by atoms with Crippen LogP contribution in [0.5, 0.6) is 0 Å². The minimum atomic E-state index is 0.344. The number of hydrogen-bond acceptors (Lipinski definition) is 3. The molecule has 2 saturated heterocycles. The van der Waals surface area contributed by atoms with Crippen LogP contribution in [0.4, 0.5) is 0 Å². The molecule has 0 aliphatic carbocycles. The van der Waals surface area contributed by atoms with Crippen molar-refractivity contribution in [3.8, 4) is 0 Å². The van der Waals surface area contributed by atoms with Crippen LogP contribution in [0.25, 0.3) is 0 Å². The lowest BCUT2D eigenvalue weighted by molar-refractivity contribution is -0.131. The van der Waals surface area contributed by atoms with Crippen molar-refractivity contribution in [2.75, 3.05) is 45.8 Å². The molecule has 1 unspecified atom stereocenters. The number of amides is 1. The molecule has 0 spiro atoms. The fourth-order valence-electron chi connectivity index (χ4n) is 4.04. The lowest BCUT2D eigenvalue weighted by Crippen LogP contribution is -2.42. The molecule has 0 aromatic carbocycles. The van der Waals surface area contributed by atoms with E-state index in [1.807, 2.05) is 4.90 Å². The molecule has 1 atom stereocenters. The molecule has 0 bridgehead atoms. The molecular formula is C18H35N3O. The van der Waals surface area contributed by atoms with E-state index >= 15 is 0 Å². The Morgan fingerprint density at radius 3 is 2.50 bits per heavy atom. The summed E-state index contributed by atoms with van der Waals surface area (Å²) in [5.74, 6) is 1.10. The summed E-state index contributed by atoms with van der Waals surface area (Å²) in [4.78, 5) is 16.7. The Morgan fingerprint density at radius 2 is 1.95 bits per heavy atom. The minimum Gasteiger partial charge on any atom is -0.343 e. The van der Waals surface area contributed by atoms with Gasteiger partial charge in [-0.15, -0.1) is 0 Å². The average molecular weight is 309 g/mol. The van der Waals surface area contributed by atoms with Crippen LogP contribution in [0.3, 0.4) is 0 Å². The van der Waals surface area contributed by atoms with Gasteiger partial charge in [0, 0.05) is 32.6 Å². The molecule has 0 saturated carbocycles. The maximum atomic E-state index is 12.1. The van der Waals surface area contributed by atoms with Gasteiger partial charge in [-0.05, 0) is 70.5 Å². The third-order valence-electron chi connectivity index (χ3n) is 5.65. The van der Waals surface area contributed by atoms with Crippen molar-refractivity contribution in [2.24, 2.45) is 11.3 Å². The molecule has 0 aromatic rings. The van der Waals surface area contributed by atoms with E-state index < -0.39 is 0 Å². The summed E-state index contributed by atoms with van der Waals surface area (Å²) in [6, 6.07) is 0. The largest absolute Gasteiger partial charge is 0.343 e. The molecule has 128 valence electrons. The fraction of sp³-hybridized carbons (Fsp3) is 0.944. The summed E-state index contributed by atoms with van der Waals surface area (Å²) in [6.07, 6.45) is 5.69. The summed E-state index contributed by atoms with van der Waals surface area (Å²) in [7, 11) is 0. The van der Waals surface area contributed by atoms with Crippen LogP contribution in [0.2, 0.25) is 0 Å². The Labute approximate surface area is 136 Å². The van der Waals surface area contributed by atoms with E-state index in [1.165, 1.54) is 52.0 Å². The lowest BCUT2D eigenvalue weighted by Gasteiger charge is -2.37. The van der Waals surface area contributed by atoms with Crippen LogP contribution in [-0.4, -0.2) is 61.5 Å². The van der Waals surface area contributed by atoms with Gasteiger partial charge in [-0.2, -0.15) is 0 Å². The Morgan fingerprint density at radius 1 is 1.27 bits per heavy atom. The quantitative estimate of drug-likeness (QED) is 0.784. The molecule has 0 radical (unpaired) electrons. The molecule has 1 N–H and O–H groups in total. The number of nitrogens with zero attached hydrogens (tertiary/aromatic N) is 2. The summed E-state index contributed by atoms with van der Waals surface area (Å²) < 4.78 is 0. The number of rotatable bonds is 7. The monoisotopic (exact) mass is 309 g/mol. The predicted octanol–water partition coefficient (Wildman–Crippen LogP) is 2.35. The second-order valence-electron chi connectivity index (χ2n) is 7.56. The van der Waals surface area contributed by atoms with Crippen molar-refractivity contribution in [3.05, 3.63) is 0 Å². The Hall–Kier alpha value is -0.610. The molecule has 2 rings (SSSR count). The first kappa shape index (κ1) is 17.7. The van der Waals surface area contributed by atoms with Crippen molar-refractivity contribution in [1.82, 2.24) is 15.1 Å². The second-order valence-corrected chi connectivity index (χ2v) is 7.56. The maximum Gasteiger partial charge on any atom is 0.222 e. The fourth-order valence-corrected chi connectivity index (χ4v) is 4.04. The van der Waals surface area contributed by atoms with Crippen molar-refractivity contribution < 1.29 is 4.79 Å². The highest BCUT2D eigenvalue weighted by Crippen LogP contribution is 2.29. The van der Waals surface area contributed by atoms with Gasteiger partial charge in [-0.1, -0.05) is 6.92 Å². The van der Waals surface area contributed by atoms with E-state index in [0.717, 1.165) is 31.8 Å². The molecule has 22 heavy (non-hydrogen) atoms. The lowest BCUT2D eigenvalue weighted by atomic mass is 9.86. The van der Waals surface area contributed by atoms with Crippen molar-refractivity contribution >= 4 is 5.91 Å². The molecule has 0 aromatic heterocycles. The van der Waals surface area contributed by atoms with Crippen LogP contribution in [0.1, 0.15) is 52.9 Å². The van der Waals surface area contributed by atoms with Crippen molar-refractivity contribution in [3.63, 3.8) is 0 Å². The number of nitrogens with one attached hydrogen (secondary N) is 1. The smallest absolute Gasteiger partial charge is 0.222 e. The van der Waals surface area contributed by atoms with Crippen LogP contribution in [0.15, 0.2) is 0 Å². The number of carbonyl (C=O) groups is 1. The molecule has 4 heteroatoms. The molecule has 2 aliphatic heterocycles. The van der Waals surface area contributed by atoms with E-state index in [-0.39, 0.29) is 0 Å². The Kier molecular flexibility index (Phi) is 6.69. The van der Waals surface area contributed by atoms with Crippen molar-refractivity contribution in [2.45, 2.75) is 52.9 Å². The van der Waals surface area contributed by atoms with E-state index in [9.17, 15) is 4.79 Å². The van der Waals surface area contributed by atoms with Gasteiger partial charge in [0.05, 0.1) is 0 Å². The topological polar surface area (TPSA) is 35.6 Å². The molecule has 2 aliphatic rings. The Balaban J connectivity index is 1.65. The highest BCUT2D eigenvalue weighted by molar-refractivity contribution is 5.76. The normalized spacial score (nSPS) is 27.2. The van der Waals surface area contributed by atoms with E-state index in [0.29, 0.717) is 11.3 Å². The Bertz CT molecular complexity index is 340. The van der Waals surface area contributed by atoms with Gasteiger partial charge in [0.2, 0.25) is 5.91 Å².